The number of nitrogens with one attached hydrogen (secondary N) is 3. The van der Waals surface area contributed by atoms with Gasteiger partial charge in [-0.3, -0.25) is 24.0 Å². The molecule has 1 saturated heterocycles. The topological polar surface area (TPSA) is 188 Å². The molecule has 1 saturated carbocycles. The van der Waals surface area contributed by atoms with Gasteiger partial charge in [-0.1, -0.05) is 61.3 Å². The summed E-state index contributed by atoms with van der Waals surface area (Å²) in [6, 6.07) is 1.06. The molecule has 0 aromatic heterocycles. The standard InChI is InChI=1S/C33H49N5O7/c1-17(2)22-14-15-38(25(22)30(43)35-23(16-19-8-9-19)27(41)29(34)42)31(44)28(33(5,6)7)37-32(45)36-24(18(3)4)26(40)20-10-12-21(39)13-11-20/h10-13,17-19,22-25,28,39H,8-9,14-16H2,1-7H3,(H2,34,42)(H,35,43)(H2,36,37,45)/t22-,23?,24+,25+,28-/m1/s1. The van der Waals surface area contributed by atoms with E-state index < -0.39 is 59.1 Å². The zero-order chi connectivity index (χ0) is 33.8. The number of phenolic OH excluding ortho intramolecular Hbond substituents is 1. The lowest BCUT2D eigenvalue weighted by atomic mass is 9.84. The minimum absolute atomic E-state index is 0.0105. The van der Waals surface area contributed by atoms with Gasteiger partial charge < -0.3 is 31.7 Å². The summed E-state index contributed by atoms with van der Waals surface area (Å²) in [5.74, 6) is -3.57. The lowest BCUT2D eigenvalue weighted by Crippen LogP contribution is -2.62. The molecule has 5 amide bonds. The number of rotatable bonds is 13. The van der Waals surface area contributed by atoms with E-state index in [0.29, 0.717) is 18.4 Å². The highest BCUT2D eigenvalue weighted by atomic mass is 16.3. The normalized spacial score (nSPS) is 20.3. The number of Topliss-reactive ketones (excluding diaryl/α,β-unsaturated/α-hetero) is 2. The van der Waals surface area contributed by atoms with Crippen LogP contribution in [0.25, 0.3) is 0 Å². The highest BCUT2D eigenvalue weighted by molar-refractivity contribution is 6.37. The van der Waals surface area contributed by atoms with Gasteiger partial charge in [0, 0.05) is 12.1 Å². The number of likely N-dealkylation sites (tertiary alicyclic amines) is 1. The van der Waals surface area contributed by atoms with Gasteiger partial charge in [0.2, 0.25) is 17.6 Å². The second-order valence-corrected chi connectivity index (χ2v) is 14.2. The number of hydrogen-bond acceptors (Lipinski definition) is 7. The van der Waals surface area contributed by atoms with E-state index in [9.17, 15) is 33.9 Å². The van der Waals surface area contributed by atoms with E-state index in [1.807, 2.05) is 13.8 Å². The van der Waals surface area contributed by atoms with E-state index in [0.717, 1.165) is 12.8 Å². The van der Waals surface area contributed by atoms with Crippen LogP contribution in [0.2, 0.25) is 0 Å². The Bertz CT molecular complexity index is 1280. The van der Waals surface area contributed by atoms with Gasteiger partial charge in [0.1, 0.15) is 17.8 Å². The number of hydrogen-bond donors (Lipinski definition) is 5. The molecular weight excluding hydrogens is 578 g/mol. The van der Waals surface area contributed by atoms with Crippen LogP contribution in [-0.2, 0) is 19.2 Å². The number of carbonyl (C=O) groups excluding carboxylic acids is 6. The molecule has 1 aromatic carbocycles. The lowest BCUT2D eigenvalue weighted by Gasteiger charge is -2.37. The van der Waals surface area contributed by atoms with E-state index in [4.69, 9.17) is 5.73 Å². The molecule has 3 rings (SSSR count). The van der Waals surface area contributed by atoms with Gasteiger partial charge in [0.25, 0.3) is 5.91 Å². The molecule has 1 unspecified atom stereocenters. The van der Waals surface area contributed by atoms with E-state index in [1.54, 1.807) is 34.6 Å². The third kappa shape index (κ3) is 9.04. The summed E-state index contributed by atoms with van der Waals surface area (Å²) in [7, 11) is 0. The molecule has 0 spiro atoms. The van der Waals surface area contributed by atoms with Crippen LogP contribution in [0, 0.1) is 29.1 Å². The summed E-state index contributed by atoms with van der Waals surface area (Å²) < 4.78 is 0. The number of nitrogens with zero attached hydrogens (tertiary/aromatic N) is 1. The maximum atomic E-state index is 14.2. The summed E-state index contributed by atoms with van der Waals surface area (Å²) in [4.78, 5) is 80.4. The van der Waals surface area contributed by atoms with Crippen LogP contribution in [0.4, 0.5) is 4.79 Å². The molecule has 12 heteroatoms. The summed E-state index contributed by atoms with van der Waals surface area (Å²) in [6.07, 6.45) is 2.66. The van der Waals surface area contributed by atoms with Crippen LogP contribution in [0.3, 0.4) is 0 Å². The van der Waals surface area contributed by atoms with Crippen LogP contribution >= 0.6 is 0 Å². The van der Waals surface area contributed by atoms with E-state index >= 15 is 0 Å². The minimum Gasteiger partial charge on any atom is -0.508 e. The molecule has 0 radical (unpaired) electrons. The van der Waals surface area contributed by atoms with Crippen LogP contribution in [0.1, 0.15) is 84.5 Å². The first-order valence-electron chi connectivity index (χ1n) is 15.8. The summed E-state index contributed by atoms with van der Waals surface area (Å²) in [5.41, 5.74) is 4.81. The van der Waals surface area contributed by atoms with Crippen molar-refractivity contribution in [2.75, 3.05) is 6.54 Å². The predicted molar refractivity (Wildman–Crippen MR) is 168 cm³/mol. The molecule has 1 heterocycles. The minimum atomic E-state index is -1.12. The van der Waals surface area contributed by atoms with Gasteiger partial charge >= 0.3 is 6.03 Å². The zero-order valence-electron chi connectivity index (χ0n) is 27.4. The quantitative estimate of drug-likeness (QED) is 0.164. The van der Waals surface area contributed by atoms with Crippen molar-refractivity contribution in [3.8, 4) is 5.75 Å². The fourth-order valence-electron chi connectivity index (χ4n) is 5.91. The monoisotopic (exact) mass is 627 g/mol. The molecule has 1 aliphatic carbocycles. The molecule has 5 atom stereocenters. The van der Waals surface area contributed by atoms with E-state index in [2.05, 4.69) is 16.0 Å². The Kier molecular flexibility index (Phi) is 11.4. The fourth-order valence-corrected chi connectivity index (χ4v) is 5.91. The van der Waals surface area contributed by atoms with E-state index in [1.165, 1.54) is 29.2 Å². The molecule has 1 aliphatic heterocycles. The second kappa shape index (κ2) is 14.4. The van der Waals surface area contributed by atoms with Gasteiger partial charge in [-0.15, -0.1) is 0 Å². The van der Waals surface area contributed by atoms with Crippen molar-refractivity contribution in [2.24, 2.45) is 34.8 Å². The smallest absolute Gasteiger partial charge is 0.316 e. The van der Waals surface area contributed by atoms with Crippen LogP contribution < -0.4 is 21.7 Å². The third-order valence-corrected chi connectivity index (χ3v) is 8.77. The zero-order valence-corrected chi connectivity index (χ0v) is 27.4. The molecule has 6 N–H and O–H groups in total. The fraction of sp³-hybridized carbons (Fsp3) is 0.636. The first-order chi connectivity index (χ1) is 20.9. The number of ketones is 2. The number of phenols is 1. The highest BCUT2D eigenvalue weighted by Crippen LogP contribution is 2.35. The van der Waals surface area contributed by atoms with Gasteiger partial charge in [0.05, 0.1) is 12.1 Å². The summed E-state index contributed by atoms with van der Waals surface area (Å²) in [6.45, 7) is 13.1. The predicted octanol–water partition coefficient (Wildman–Crippen LogP) is 2.53. The van der Waals surface area contributed by atoms with Crippen molar-refractivity contribution in [1.82, 2.24) is 20.9 Å². The van der Waals surface area contributed by atoms with Gasteiger partial charge in [0.15, 0.2) is 5.78 Å². The SMILES string of the molecule is CC(C)[C@H](NC(=O)N[C@H](C(=O)N1CC[C@H](C(C)C)[C@H]1C(=O)NC(CC1CC1)C(=O)C(N)=O)C(C)(C)C)C(=O)c1ccc(O)cc1. The van der Waals surface area contributed by atoms with Gasteiger partial charge in [-0.25, -0.2) is 4.79 Å². The highest BCUT2D eigenvalue weighted by Gasteiger charge is 2.48. The molecule has 1 aromatic rings. The van der Waals surface area contributed by atoms with Crippen molar-refractivity contribution in [2.45, 2.75) is 98.3 Å². The number of amides is 5. The molecular formula is C33H49N5O7. The summed E-state index contributed by atoms with van der Waals surface area (Å²) >= 11 is 0. The Balaban J connectivity index is 1.83. The molecule has 0 bridgehead atoms. The Morgan fingerprint density at radius 1 is 0.933 bits per heavy atom. The van der Waals surface area contributed by atoms with Crippen molar-refractivity contribution in [1.29, 1.82) is 0 Å². The maximum Gasteiger partial charge on any atom is 0.316 e. The Labute approximate surface area is 265 Å². The lowest BCUT2D eigenvalue weighted by molar-refractivity contribution is -0.144. The summed E-state index contributed by atoms with van der Waals surface area (Å²) in [5, 5.41) is 17.8. The average molecular weight is 628 g/mol. The maximum absolute atomic E-state index is 14.2. The van der Waals surface area contributed by atoms with Crippen molar-refractivity contribution < 1.29 is 33.9 Å². The van der Waals surface area contributed by atoms with Crippen LogP contribution in [-0.4, -0.2) is 76.0 Å². The first kappa shape index (κ1) is 35.5. The number of benzene rings is 1. The molecule has 248 valence electrons. The first-order valence-corrected chi connectivity index (χ1v) is 15.8. The Morgan fingerprint density at radius 3 is 2.02 bits per heavy atom. The van der Waals surface area contributed by atoms with Gasteiger partial charge in [-0.2, -0.15) is 0 Å². The molecule has 45 heavy (non-hydrogen) atoms. The number of nitrogens with two attached hydrogens (primary N) is 1. The Hall–Kier alpha value is -3.96. The van der Waals surface area contributed by atoms with Crippen molar-refractivity contribution in [3.05, 3.63) is 29.8 Å². The number of primary amides is 1. The number of carbonyl (C=O) groups is 6. The van der Waals surface area contributed by atoms with Crippen molar-refractivity contribution >= 4 is 35.3 Å². The Morgan fingerprint density at radius 2 is 1.53 bits per heavy atom. The molecule has 2 fully saturated rings. The molecule has 12 nitrogen and oxygen atoms in total. The largest absolute Gasteiger partial charge is 0.508 e. The van der Waals surface area contributed by atoms with Gasteiger partial charge in [-0.05, 0) is 66.2 Å². The van der Waals surface area contributed by atoms with E-state index in [-0.39, 0.29) is 41.7 Å². The van der Waals surface area contributed by atoms with Crippen molar-refractivity contribution in [3.63, 3.8) is 0 Å². The van der Waals surface area contributed by atoms with Crippen LogP contribution in [0.15, 0.2) is 24.3 Å². The number of aromatic hydroxyl groups is 1. The third-order valence-electron chi connectivity index (χ3n) is 8.77. The number of urea groups is 1. The molecule has 2 aliphatic rings. The van der Waals surface area contributed by atoms with Crippen LogP contribution in [0.5, 0.6) is 5.75 Å². The second-order valence-electron chi connectivity index (χ2n) is 14.2. The average Bonchev–Trinajstić information content (AvgIpc) is 3.65.